The predicted octanol–water partition coefficient (Wildman–Crippen LogP) is 2.72. The first-order chi connectivity index (χ1) is 8.02. The fraction of sp³-hybridized carbons (Fsp3) is 0.417. The van der Waals surface area contributed by atoms with Crippen molar-refractivity contribution in [1.82, 2.24) is 0 Å². The van der Waals surface area contributed by atoms with Gasteiger partial charge in [-0.05, 0) is 47.8 Å². The van der Waals surface area contributed by atoms with Gasteiger partial charge in [-0.25, -0.2) is 4.79 Å². The highest BCUT2D eigenvalue weighted by atomic mass is 79.9. The minimum absolute atomic E-state index is 0.240. The number of aromatic carboxylic acids is 1. The van der Waals surface area contributed by atoms with Gasteiger partial charge in [0.1, 0.15) is 0 Å². The van der Waals surface area contributed by atoms with Crippen LogP contribution in [0.1, 0.15) is 30.1 Å². The number of halogens is 1. The van der Waals surface area contributed by atoms with Gasteiger partial charge < -0.3 is 15.5 Å². The topological polar surface area (TPSA) is 69.6 Å². The van der Waals surface area contributed by atoms with Gasteiger partial charge in [0.15, 0.2) is 0 Å². The standard InChI is InChI=1S/C12H16BrNO3/c1-8(15)4-3-7-14-10-6-2-5-9(13)11(10)12(16)17/h2,5-6,8,14-15H,3-4,7H2,1H3,(H,16,17). The molecule has 94 valence electrons. The summed E-state index contributed by atoms with van der Waals surface area (Å²) in [5, 5.41) is 21.3. The van der Waals surface area contributed by atoms with Crippen LogP contribution in [-0.2, 0) is 0 Å². The van der Waals surface area contributed by atoms with Gasteiger partial charge in [0.05, 0.1) is 11.7 Å². The second kappa shape index (κ2) is 6.61. The molecule has 0 bridgehead atoms. The molecule has 1 rings (SSSR count). The van der Waals surface area contributed by atoms with E-state index in [1.54, 1.807) is 25.1 Å². The van der Waals surface area contributed by atoms with Crippen molar-refractivity contribution >= 4 is 27.6 Å². The number of aliphatic hydroxyl groups is 1. The number of carboxylic acids is 1. The number of carboxylic acid groups (broad SMARTS) is 1. The summed E-state index contributed by atoms with van der Waals surface area (Å²) in [5.74, 6) is -0.962. The smallest absolute Gasteiger partial charge is 0.338 e. The van der Waals surface area contributed by atoms with Crippen LogP contribution in [0.4, 0.5) is 5.69 Å². The Morgan fingerprint density at radius 3 is 2.82 bits per heavy atom. The van der Waals surface area contributed by atoms with Crippen molar-refractivity contribution in [2.75, 3.05) is 11.9 Å². The molecule has 0 heterocycles. The quantitative estimate of drug-likeness (QED) is 0.707. The zero-order valence-corrected chi connectivity index (χ0v) is 11.2. The summed E-state index contributed by atoms with van der Waals surface area (Å²) in [4.78, 5) is 11.1. The highest BCUT2D eigenvalue weighted by Gasteiger charge is 2.13. The van der Waals surface area contributed by atoms with Crippen molar-refractivity contribution in [2.24, 2.45) is 0 Å². The van der Waals surface area contributed by atoms with Gasteiger partial charge in [0.2, 0.25) is 0 Å². The molecule has 0 radical (unpaired) electrons. The van der Waals surface area contributed by atoms with Crippen LogP contribution in [-0.4, -0.2) is 28.8 Å². The number of hydrogen-bond acceptors (Lipinski definition) is 3. The molecule has 0 aliphatic rings. The first kappa shape index (κ1) is 14.0. The van der Waals surface area contributed by atoms with E-state index in [4.69, 9.17) is 10.2 Å². The molecule has 5 heteroatoms. The maximum absolute atomic E-state index is 11.1. The molecule has 17 heavy (non-hydrogen) atoms. The molecule has 1 atom stereocenters. The molecule has 0 saturated heterocycles. The molecule has 0 aliphatic heterocycles. The monoisotopic (exact) mass is 301 g/mol. The van der Waals surface area contributed by atoms with Crippen molar-refractivity contribution in [3.63, 3.8) is 0 Å². The molecule has 0 spiro atoms. The van der Waals surface area contributed by atoms with Gasteiger partial charge in [-0.1, -0.05) is 6.07 Å². The number of carbonyl (C=O) groups is 1. The van der Waals surface area contributed by atoms with Crippen molar-refractivity contribution in [3.05, 3.63) is 28.2 Å². The van der Waals surface area contributed by atoms with E-state index in [9.17, 15) is 4.79 Å². The Balaban J connectivity index is 2.64. The average Bonchev–Trinajstić information content (AvgIpc) is 2.23. The zero-order chi connectivity index (χ0) is 12.8. The molecule has 4 nitrogen and oxygen atoms in total. The Morgan fingerprint density at radius 1 is 1.53 bits per heavy atom. The summed E-state index contributed by atoms with van der Waals surface area (Å²) in [5.41, 5.74) is 0.835. The minimum Gasteiger partial charge on any atom is -0.478 e. The van der Waals surface area contributed by atoms with Crippen LogP contribution in [0, 0.1) is 0 Å². The summed E-state index contributed by atoms with van der Waals surface area (Å²) in [6.07, 6.45) is 1.17. The van der Waals surface area contributed by atoms with E-state index in [2.05, 4.69) is 21.2 Å². The third kappa shape index (κ3) is 4.36. The van der Waals surface area contributed by atoms with Gasteiger partial charge in [-0.2, -0.15) is 0 Å². The molecular formula is C12H16BrNO3. The van der Waals surface area contributed by atoms with Crippen molar-refractivity contribution in [2.45, 2.75) is 25.9 Å². The van der Waals surface area contributed by atoms with Gasteiger partial charge in [0, 0.05) is 16.7 Å². The van der Waals surface area contributed by atoms with E-state index < -0.39 is 5.97 Å². The number of nitrogens with one attached hydrogen (secondary N) is 1. The minimum atomic E-state index is -0.962. The predicted molar refractivity (Wildman–Crippen MR) is 70.5 cm³/mol. The molecule has 3 N–H and O–H groups in total. The molecular weight excluding hydrogens is 286 g/mol. The van der Waals surface area contributed by atoms with Crippen LogP contribution in [0.5, 0.6) is 0 Å². The molecule has 1 aromatic rings. The molecule has 0 fully saturated rings. The number of rotatable bonds is 6. The van der Waals surface area contributed by atoms with E-state index in [1.165, 1.54) is 0 Å². The maximum atomic E-state index is 11.1. The molecule has 0 saturated carbocycles. The second-order valence-electron chi connectivity index (χ2n) is 3.89. The summed E-state index contributed by atoms with van der Waals surface area (Å²) in [6.45, 7) is 2.38. The average molecular weight is 302 g/mol. The lowest BCUT2D eigenvalue weighted by molar-refractivity contribution is 0.0697. The van der Waals surface area contributed by atoms with Gasteiger partial charge >= 0.3 is 5.97 Å². The number of hydrogen-bond donors (Lipinski definition) is 3. The van der Waals surface area contributed by atoms with E-state index in [-0.39, 0.29) is 11.7 Å². The molecule has 1 aromatic carbocycles. The normalized spacial score (nSPS) is 12.2. The highest BCUT2D eigenvalue weighted by Crippen LogP contribution is 2.24. The fourth-order valence-corrected chi connectivity index (χ4v) is 2.05. The zero-order valence-electron chi connectivity index (χ0n) is 9.61. The molecule has 0 aliphatic carbocycles. The summed E-state index contributed by atoms with van der Waals surface area (Å²) in [6, 6.07) is 5.22. The van der Waals surface area contributed by atoms with Crippen LogP contribution in [0.2, 0.25) is 0 Å². The molecule has 1 unspecified atom stereocenters. The second-order valence-corrected chi connectivity index (χ2v) is 4.74. The van der Waals surface area contributed by atoms with Crippen LogP contribution in [0.3, 0.4) is 0 Å². The van der Waals surface area contributed by atoms with Crippen LogP contribution in [0.25, 0.3) is 0 Å². The Labute approximate surface area is 109 Å². The molecule has 0 amide bonds. The molecule has 0 aromatic heterocycles. The number of anilines is 1. The summed E-state index contributed by atoms with van der Waals surface area (Å²) in [7, 11) is 0. The Bertz CT molecular complexity index is 393. The Morgan fingerprint density at radius 2 is 2.24 bits per heavy atom. The largest absolute Gasteiger partial charge is 0.478 e. The highest BCUT2D eigenvalue weighted by molar-refractivity contribution is 9.10. The SMILES string of the molecule is CC(O)CCCNc1cccc(Br)c1C(=O)O. The maximum Gasteiger partial charge on any atom is 0.338 e. The summed E-state index contributed by atoms with van der Waals surface area (Å²) < 4.78 is 0.561. The van der Waals surface area contributed by atoms with E-state index in [0.29, 0.717) is 23.1 Å². The lowest BCUT2D eigenvalue weighted by atomic mass is 10.1. The number of aliphatic hydroxyl groups excluding tert-OH is 1. The van der Waals surface area contributed by atoms with Crippen LogP contribution >= 0.6 is 15.9 Å². The van der Waals surface area contributed by atoms with Gasteiger partial charge in [0.25, 0.3) is 0 Å². The van der Waals surface area contributed by atoms with Crippen LogP contribution in [0.15, 0.2) is 22.7 Å². The third-order valence-electron chi connectivity index (χ3n) is 2.34. The Hall–Kier alpha value is -1.07. The lowest BCUT2D eigenvalue weighted by Gasteiger charge is -2.11. The van der Waals surface area contributed by atoms with Crippen molar-refractivity contribution < 1.29 is 15.0 Å². The van der Waals surface area contributed by atoms with E-state index in [0.717, 1.165) is 6.42 Å². The van der Waals surface area contributed by atoms with E-state index >= 15 is 0 Å². The van der Waals surface area contributed by atoms with Crippen molar-refractivity contribution in [3.8, 4) is 0 Å². The Kier molecular flexibility index (Phi) is 5.44. The van der Waals surface area contributed by atoms with Gasteiger partial charge in [-0.15, -0.1) is 0 Å². The first-order valence-corrected chi connectivity index (χ1v) is 6.25. The van der Waals surface area contributed by atoms with E-state index in [1.807, 2.05) is 0 Å². The fourth-order valence-electron chi connectivity index (χ4n) is 1.51. The first-order valence-electron chi connectivity index (χ1n) is 5.46. The van der Waals surface area contributed by atoms with Crippen molar-refractivity contribution in [1.29, 1.82) is 0 Å². The lowest BCUT2D eigenvalue weighted by Crippen LogP contribution is -2.10. The van der Waals surface area contributed by atoms with Gasteiger partial charge in [-0.3, -0.25) is 0 Å². The summed E-state index contributed by atoms with van der Waals surface area (Å²) >= 11 is 3.22. The van der Waals surface area contributed by atoms with Crippen LogP contribution < -0.4 is 5.32 Å². The third-order valence-corrected chi connectivity index (χ3v) is 3.00. The number of benzene rings is 1.